The lowest BCUT2D eigenvalue weighted by Crippen LogP contribution is -2.41. The summed E-state index contributed by atoms with van der Waals surface area (Å²) >= 11 is 0. The van der Waals surface area contributed by atoms with Gasteiger partial charge in [-0.1, -0.05) is 13.8 Å². The van der Waals surface area contributed by atoms with Crippen LogP contribution in [0.1, 0.15) is 48.0 Å². The molecule has 0 atom stereocenters. The Morgan fingerprint density at radius 1 is 0.607 bits per heavy atom. The molecule has 0 fully saturated rings. The first-order chi connectivity index (χ1) is 12.9. The Kier molecular flexibility index (Phi) is 11.4. The van der Waals surface area contributed by atoms with Crippen molar-refractivity contribution >= 4 is 23.9 Å². The van der Waals surface area contributed by atoms with Crippen molar-refractivity contribution in [3.05, 3.63) is 0 Å². The van der Waals surface area contributed by atoms with Crippen molar-refractivity contribution in [1.29, 1.82) is 0 Å². The average molecular weight is 404 g/mol. The predicted octanol–water partition coefficient (Wildman–Crippen LogP) is 1.66. The molecule has 0 amide bonds. The average Bonchev–Trinajstić information content (AvgIpc) is 2.60. The molecular weight excluding hydrogens is 372 g/mol. The zero-order valence-electron chi connectivity index (χ0n) is 17.6. The highest BCUT2D eigenvalue weighted by atomic mass is 16.6. The van der Waals surface area contributed by atoms with Gasteiger partial charge in [0.05, 0.1) is 24.0 Å². The van der Waals surface area contributed by atoms with E-state index in [1.807, 2.05) is 6.92 Å². The quantitative estimate of drug-likeness (QED) is 0.334. The molecule has 0 heterocycles. The SMILES string of the molecule is CCC(COCC(C)(COC(C)=O)COC(C)=O)(COC(C)=O)COC(C)=O. The first-order valence-electron chi connectivity index (χ1n) is 9.05. The van der Waals surface area contributed by atoms with Crippen LogP contribution in [0.4, 0.5) is 0 Å². The zero-order chi connectivity index (χ0) is 21.8. The topological polar surface area (TPSA) is 114 Å². The summed E-state index contributed by atoms with van der Waals surface area (Å²) in [4.78, 5) is 44.7. The fourth-order valence-electron chi connectivity index (χ4n) is 2.13. The lowest BCUT2D eigenvalue weighted by atomic mass is 9.87. The van der Waals surface area contributed by atoms with E-state index in [2.05, 4.69) is 0 Å². The van der Waals surface area contributed by atoms with Crippen molar-refractivity contribution in [3.8, 4) is 0 Å². The van der Waals surface area contributed by atoms with Crippen molar-refractivity contribution in [2.75, 3.05) is 39.6 Å². The summed E-state index contributed by atoms with van der Waals surface area (Å²) in [7, 11) is 0. The molecule has 0 unspecified atom stereocenters. The Hall–Kier alpha value is -2.16. The smallest absolute Gasteiger partial charge is 0.302 e. The standard InChI is InChI=1S/C19H32O9/c1-7-19(12-27-16(4)22,13-28-17(5)23)11-24-8-18(6,9-25-14(2)20)10-26-15(3)21/h7-13H2,1-6H3. The van der Waals surface area contributed by atoms with Crippen molar-refractivity contribution in [2.24, 2.45) is 10.8 Å². The number of rotatable bonds is 13. The van der Waals surface area contributed by atoms with Crippen LogP contribution in [0.15, 0.2) is 0 Å². The molecule has 0 aliphatic carbocycles. The Balaban J connectivity index is 5.07. The minimum Gasteiger partial charge on any atom is -0.465 e. The lowest BCUT2D eigenvalue weighted by molar-refractivity contribution is -0.159. The van der Waals surface area contributed by atoms with E-state index in [0.717, 1.165) is 0 Å². The van der Waals surface area contributed by atoms with E-state index in [1.54, 1.807) is 6.92 Å². The van der Waals surface area contributed by atoms with Crippen LogP contribution in [0, 0.1) is 10.8 Å². The van der Waals surface area contributed by atoms with Crippen LogP contribution in [0.3, 0.4) is 0 Å². The van der Waals surface area contributed by atoms with E-state index in [9.17, 15) is 19.2 Å². The molecule has 0 radical (unpaired) electrons. The first kappa shape index (κ1) is 25.8. The van der Waals surface area contributed by atoms with Crippen molar-refractivity contribution in [3.63, 3.8) is 0 Å². The Morgan fingerprint density at radius 2 is 0.964 bits per heavy atom. The predicted molar refractivity (Wildman–Crippen MR) is 98.2 cm³/mol. The maximum atomic E-state index is 11.2. The highest BCUT2D eigenvalue weighted by Crippen LogP contribution is 2.26. The normalized spacial score (nSPS) is 11.5. The Morgan fingerprint density at radius 3 is 1.29 bits per heavy atom. The molecule has 0 rings (SSSR count). The second kappa shape index (κ2) is 12.3. The van der Waals surface area contributed by atoms with Crippen LogP contribution in [0.25, 0.3) is 0 Å². The summed E-state index contributed by atoms with van der Waals surface area (Å²) < 4.78 is 26.2. The second-order valence-electron chi connectivity index (χ2n) is 7.28. The molecule has 0 spiro atoms. The zero-order valence-corrected chi connectivity index (χ0v) is 17.6. The maximum Gasteiger partial charge on any atom is 0.302 e. The van der Waals surface area contributed by atoms with Gasteiger partial charge in [0.1, 0.15) is 26.4 Å². The number of carbonyl (C=O) groups excluding carboxylic acids is 4. The summed E-state index contributed by atoms with van der Waals surface area (Å²) in [5.41, 5.74) is -1.49. The highest BCUT2D eigenvalue weighted by molar-refractivity contribution is 5.67. The summed E-state index contributed by atoms with van der Waals surface area (Å²) in [6.45, 7) is 9.07. The molecule has 0 aromatic carbocycles. The molecule has 0 N–H and O–H groups in total. The van der Waals surface area contributed by atoms with Crippen molar-refractivity contribution < 1.29 is 42.9 Å². The summed E-state index contributed by atoms with van der Waals surface area (Å²) in [5.74, 6) is -1.81. The van der Waals surface area contributed by atoms with Crippen molar-refractivity contribution in [1.82, 2.24) is 0 Å². The van der Waals surface area contributed by atoms with Crippen LogP contribution in [0.2, 0.25) is 0 Å². The fraction of sp³-hybridized carbons (Fsp3) is 0.789. The largest absolute Gasteiger partial charge is 0.465 e. The molecule has 0 aromatic rings. The van der Waals surface area contributed by atoms with E-state index >= 15 is 0 Å². The monoisotopic (exact) mass is 404 g/mol. The third-order valence-electron chi connectivity index (χ3n) is 4.02. The third kappa shape index (κ3) is 11.5. The maximum absolute atomic E-state index is 11.2. The van der Waals surface area contributed by atoms with Gasteiger partial charge in [0, 0.05) is 27.7 Å². The molecule has 9 heteroatoms. The lowest BCUT2D eigenvalue weighted by Gasteiger charge is -2.33. The first-order valence-corrected chi connectivity index (χ1v) is 9.05. The van der Waals surface area contributed by atoms with Gasteiger partial charge in [0.15, 0.2) is 0 Å². The molecule has 0 aliphatic rings. The second-order valence-corrected chi connectivity index (χ2v) is 7.28. The van der Waals surface area contributed by atoms with Gasteiger partial charge in [0.2, 0.25) is 0 Å². The van der Waals surface area contributed by atoms with Gasteiger partial charge < -0.3 is 23.7 Å². The fourth-order valence-corrected chi connectivity index (χ4v) is 2.13. The number of esters is 4. The van der Waals surface area contributed by atoms with Crippen LogP contribution in [-0.4, -0.2) is 63.5 Å². The summed E-state index contributed by atoms with van der Waals surface area (Å²) in [6.07, 6.45) is 0.526. The molecule has 9 nitrogen and oxygen atoms in total. The number of hydrogen-bond acceptors (Lipinski definition) is 9. The van der Waals surface area contributed by atoms with E-state index in [0.29, 0.717) is 6.42 Å². The van der Waals surface area contributed by atoms with E-state index < -0.39 is 34.7 Å². The van der Waals surface area contributed by atoms with Crippen LogP contribution in [0.5, 0.6) is 0 Å². The molecule has 0 saturated carbocycles. The molecule has 0 aliphatic heterocycles. The molecule has 0 bridgehead atoms. The van der Waals surface area contributed by atoms with Gasteiger partial charge in [-0.25, -0.2) is 0 Å². The van der Waals surface area contributed by atoms with Gasteiger partial charge in [-0.2, -0.15) is 0 Å². The third-order valence-corrected chi connectivity index (χ3v) is 4.02. The van der Waals surface area contributed by atoms with E-state index in [4.69, 9.17) is 23.7 Å². The van der Waals surface area contributed by atoms with Gasteiger partial charge in [-0.05, 0) is 6.42 Å². The van der Waals surface area contributed by atoms with Crippen LogP contribution < -0.4 is 0 Å². The Labute approximate surface area is 166 Å². The minimum absolute atomic E-state index is 0.00261. The summed E-state index contributed by atoms with van der Waals surface area (Å²) in [5, 5.41) is 0. The molecule has 162 valence electrons. The van der Waals surface area contributed by atoms with Crippen LogP contribution >= 0.6 is 0 Å². The summed E-state index contributed by atoms with van der Waals surface area (Å²) in [6, 6.07) is 0. The molecular formula is C19H32O9. The van der Waals surface area contributed by atoms with Gasteiger partial charge in [-0.3, -0.25) is 19.2 Å². The molecule has 0 aromatic heterocycles. The highest BCUT2D eigenvalue weighted by Gasteiger charge is 2.35. The van der Waals surface area contributed by atoms with E-state index in [1.165, 1.54) is 27.7 Å². The number of ether oxygens (including phenoxy) is 5. The van der Waals surface area contributed by atoms with Crippen LogP contribution in [-0.2, 0) is 42.9 Å². The molecule has 28 heavy (non-hydrogen) atoms. The molecule has 0 saturated heterocycles. The van der Waals surface area contributed by atoms with Gasteiger partial charge in [-0.15, -0.1) is 0 Å². The van der Waals surface area contributed by atoms with Crippen molar-refractivity contribution in [2.45, 2.75) is 48.0 Å². The minimum atomic E-state index is -0.764. The number of carbonyl (C=O) groups is 4. The van der Waals surface area contributed by atoms with Gasteiger partial charge in [0.25, 0.3) is 0 Å². The van der Waals surface area contributed by atoms with Gasteiger partial charge >= 0.3 is 23.9 Å². The van der Waals surface area contributed by atoms with E-state index in [-0.39, 0.29) is 39.6 Å². The number of hydrogen-bond donors (Lipinski definition) is 0. The Bertz CT molecular complexity index is 506.